The first kappa shape index (κ1) is 20.0. The monoisotopic (exact) mass is 402 g/mol. The van der Waals surface area contributed by atoms with E-state index in [1.165, 1.54) is 18.3 Å². The lowest BCUT2D eigenvalue weighted by molar-refractivity contribution is -0.0743. The van der Waals surface area contributed by atoms with Crippen LogP contribution < -0.4 is 4.90 Å². The van der Waals surface area contributed by atoms with Crippen molar-refractivity contribution in [1.29, 1.82) is 0 Å². The Morgan fingerprint density at radius 1 is 1.21 bits per heavy atom. The summed E-state index contributed by atoms with van der Waals surface area (Å²) in [4.78, 5) is 19.0. The van der Waals surface area contributed by atoms with Crippen molar-refractivity contribution in [3.63, 3.8) is 0 Å². The van der Waals surface area contributed by atoms with Crippen molar-refractivity contribution in [2.24, 2.45) is 0 Å². The maximum Gasteiger partial charge on any atom is 0.341 e. The summed E-state index contributed by atoms with van der Waals surface area (Å²) in [5, 5.41) is 0.638. The number of fused-ring (bicyclic) bond motifs is 1. The second-order valence-corrected chi connectivity index (χ2v) is 7.54. The first-order valence-electron chi connectivity index (χ1n) is 10.4. The molecule has 0 aliphatic carbocycles. The molecule has 4 rings (SSSR count). The molecule has 0 radical (unpaired) electrons. The summed E-state index contributed by atoms with van der Waals surface area (Å²) >= 11 is 0. The molecule has 3 heterocycles. The Bertz CT molecular complexity index is 861. The highest BCUT2D eigenvalue weighted by molar-refractivity contribution is 6.05. The normalized spacial score (nSPS) is 18.9. The molecule has 0 bridgehead atoms. The molecule has 0 unspecified atom stereocenters. The van der Waals surface area contributed by atoms with Crippen LogP contribution in [0.3, 0.4) is 0 Å². The van der Waals surface area contributed by atoms with Gasteiger partial charge in [0, 0.05) is 37.9 Å². The predicted molar refractivity (Wildman–Crippen MR) is 108 cm³/mol. The molecule has 2 saturated heterocycles. The molecule has 2 aromatic rings. The van der Waals surface area contributed by atoms with Gasteiger partial charge in [-0.05, 0) is 50.8 Å². The van der Waals surface area contributed by atoms with Crippen molar-refractivity contribution >= 4 is 22.6 Å². The third-order valence-electron chi connectivity index (χ3n) is 5.61. The minimum absolute atomic E-state index is 0.199. The number of esters is 1. The number of hydrogen-bond acceptors (Lipinski definition) is 6. The molecule has 0 atom stereocenters. The number of hydrogen-bond donors (Lipinski definition) is 0. The molecule has 0 N–H and O–H groups in total. The molecule has 1 aromatic heterocycles. The molecule has 0 saturated carbocycles. The number of piperidine rings is 1. The van der Waals surface area contributed by atoms with Crippen LogP contribution in [0.25, 0.3) is 10.9 Å². The van der Waals surface area contributed by atoms with Crippen LogP contribution in [0, 0.1) is 5.82 Å². The SMILES string of the molecule is CCOC(=O)c1cnc2ccc(F)cc2c1N1CCC(OC2CCOCC2)CC1. The predicted octanol–water partition coefficient (Wildman–Crippen LogP) is 3.72. The maximum atomic E-state index is 14.0. The van der Waals surface area contributed by atoms with Crippen LogP contribution in [0.15, 0.2) is 24.4 Å². The summed E-state index contributed by atoms with van der Waals surface area (Å²) in [6.07, 6.45) is 5.62. The van der Waals surface area contributed by atoms with Crippen molar-refractivity contribution in [3.05, 3.63) is 35.8 Å². The molecule has 6 nitrogen and oxygen atoms in total. The summed E-state index contributed by atoms with van der Waals surface area (Å²) in [5.41, 5.74) is 1.75. The Balaban J connectivity index is 1.56. The minimum Gasteiger partial charge on any atom is -0.462 e. The fraction of sp³-hybridized carbons (Fsp3) is 0.545. The number of aromatic nitrogens is 1. The number of carbonyl (C=O) groups excluding carboxylic acids is 1. The zero-order valence-electron chi connectivity index (χ0n) is 16.7. The van der Waals surface area contributed by atoms with Gasteiger partial charge in [0.05, 0.1) is 30.0 Å². The van der Waals surface area contributed by atoms with Crippen molar-refractivity contribution < 1.29 is 23.4 Å². The van der Waals surface area contributed by atoms with Gasteiger partial charge in [-0.3, -0.25) is 4.98 Å². The average Bonchev–Trinajstić information content (AvgIpc) is 2.74. The summed E-state index contributed by atoms with van der Waals surface area (Å²) in [7, 11) is 0. The van der Waals surface area contributed by atoms with Gasteiger partial charge in [0.25, 0.3) is 0 Å². The Kier molecular flexibility index (Phi) is 6.25. The second-order valence-electron chi connectivity index (χ2n) is 7.54. The summed E-state index contributed by atoms with van der Waals surface area (Å²) in [6.45, 7) is 5.04. The van der Waals surface area contributed by atoms with Gasteiger partial charge in [-0.2, -0.15) is 0 Å². The number of halogens is 1. The molecule has 0 spiro atoms. The average molecular weight is 402 g/mol. The van der Waals surface area contributed by atoms with E-state index in [4.69, 9.17) is 14.2 Å². The Hall–Kier alpha value is -2.25. The maximum absolute atomic E-state index is 14.0. The van der Waals surface area contributed by atoms with Crippen molar-refractivity contribution in [2.75, 3.05) is 37.8 Å². The third-order valence-corrected chi connectivity index (χ3v) is 5.61. The van der Waals surface area contributed by atoms with Crippen LogP contribution in [0.2, 0.25) is 0 Å². The lowest BCUT2D eigenvalue weighted by atomic mass is 10.0. The van der Waals surface area contributed by atoms with Gasteiger partial charge in [0.15, 0.2) is 0 Å². The molecular formula is C22H27FN2O4. The first-order valence-corrected chi connectivity index (χ1v) is 10.4. The highest BCUT2D eigenvalue weighted by Gasteiger charge is 2.28. The molecule has 2 fully saturated rings. The van der Waals surface area contributed by atoms with E-state index in [-0.39, 0.29) is 24.6 Å². The highest BCUT2D eigenvalue weighted by atomic mass is 19.1. The molecule has 2 aliphatic rings. The molecular weight excluding hydrogens is 375 g/mol. The molecule has 29 heavy (non-hydrogen) atoms. The first-order chi connectivity index (χ1) is 14.2. The molecule has 0 amide bonds. The Morgan fingerprint density at radius 2 is 1.93 bits per heavy atom. The third kappa shape index (κ3) is 4.51. The van der Waals surface area contributed by atoms with Gasteiger partial charge in [-0.1, -0.05) is 0 Å². The van der Waals surface area contributed by atoms with Crippen LogP contribution in [0.1, 0.15) is 43.0 Å². The smallest absolute Gasteiger partial charge is 0.341 e. The van der Waals surface area contributed by atoms with E-state index in [0.717, 1.165) is 52.0 Å². The molecule has 2 aliphatic heterocycles. The molecule has 1 aromatic carbocycles. The number of nitrogens with zero attached hydrogens (tertiary/aromatic N) is 2. The number of anilines is 1. The van der Waals surface area contributed by atoms with E-state index in [1.54, 1.807) is 13.0 Å². The van der Waals surface area contributed by atoms with E-state index < -0.39 is 5.97 Å². The molecule has 156 valence electrons. The van der Waals surface area contributed by atoms with E-state index in [9.17, 15) is 9.18 Å². The van der Waals surface area contributed by atoms with Gasteiger partial charge < -0.3 is 19.1 Å². The standard InChI is InChI=1S/C22H27FN2O4/c1-2-28-22(26)19-14-24-20-4-3-15(23)13-18(20)21(19)25-9-5-16(6-10-25)29-17-7-11-27-12-8-17/h3-4,13-14,16-17H,2,5-12H2,1H3. The van der Waals surface area contributed by atoms with Gasteiger partial charge >= 0.3 is 5.97 Å². The van der Waals surface area contributed by atoms with Crippen LogP contribution in [0.4, 0.5) is 10.1 Å². The summed E-state index contributed by atoms with van der Waals surface area (Å²) < 4.78 is 30.9. The largest absolute Gasteiger partial charge is 0.462 e. The number of pyridine rings is 1. The van der Waals surface area contributed by atoms with Crippen molar-refractivity contribution in [2.45, 2.75) is 44.8 Å². The second kappa shape index (κ2) is 9.05. The van der Waals surface area contributed by atoms with Gasteiger partial charge in [-0.15, -0.1) is 0 Å². The van der Waals surface area contributed by atoms with E-state index >= 15 is 0 Å². The molecule has 7 heteroatoms. The van der Waals surface area contributed by atoms with Crippen LogP contribution >= 0.6 is 0 Å². The Morgan fingerprint density at radius 3 is 2.66 bits per heavy atom. The van der Waals surface area contributed by atoms with Crippen molar-refractivity contribution in [1.82, 2.24) is 4.98 Å². The van der Waals surface area contributed by atoms with E-state index in [1.807, 2.05) is 0 Å². The number of rotatable bonds is 5. The van der Waals surface area contributed by atoms with Crippen LogP contribution in [0.5, 0.6) is 0 Å². The zero-order chi connectivity index (χ0) is 20.2. The van der Waals surface area contributed by atoms with Crippen LogP contribution in [-0.4, -0.2) is 56.1 Å². The number of benzene rings is 1. The number of carbonyl (C=O) groups is 1. The number of ether oxygens (including phenoxy) is 3. The van der Waals surface area contributed by atoms with Gasteiger partial charge in [0.1, 0.15) is 11.4 Å². The van der Waals surface area contributed by atoms with Gasteiger partial charge in [0.2, 0.25) is 0 Å². The summed E-state index contributed by atoms with van der Waals surface area (Å²) in [6, 6.07) is 4.48. The summed E-state index contributed by atoms with van der Waals surface area (Å²) in [5.74, 6) is -0.777. The van der Waals surface area contributed by atoms with E-state index in [0.29, 0.717) is 22.2 Å². The highest BCUT2D eigenvalue weighted by Crippen LogP contribution is 2.33. The fourth-order valence-electron chi connectivity index (χ4n) is 4.15. The van der Waals surface area contributed by atoms with Crippen molar-refractivity contribution in [3.8, 4) is 0 Å². The quantitative estimate of drug-likeness (QED) is 0.711. The minimum atomic E-state index is -0.429. The Labute approximate surface area is 169 Å². The zero-order valence-corrected chi connectivity index (χ0v) is 16.7. The lowest BCUT2D eigenvalue weighted by Gasteiger charge is -2.37. The van der Waals surface area contributed by atoms with Gasteiger partial charge in [-0.25, -0.2) is 9.18 Å². The lowest BCUT2D eigenvalue weighted by Crippen LogP contribution is -2.40. The van der Waals surface area contributed by atoms with Crippen LogP contribution in [-0.2, 0) is 14.2 Å². The fourth-order valence-corrected chi connectivity index (χ4v) is 4.15. The van der Waals surface area contributed by atoms with E-state index in [2.05, 4.69) is 9.88 Å². The topological polar surface area (TPSA) is 60.9 Å².